The fraction of sp³-hybridized carbons (Fsp3) is 0.538. The highest BCUT2D eigenvalue weighted by molar-refractivity contribution is 7.99. The molecule has 1 nitrogen and oxygen atoms in total. The Morgan fingerprint density at radius 1 is 1.40 bits per heavy atom. The molecule has 15 heavy (non-hydrogen) atoms. The molecule has 1 N–H and O–H groups in total. The average molecular weight is 222 g/mol. The van der Waals surface area contributed by atoms with E-state index in [-0.39, 0.29) is 6.10 Å². The van der Waals surface area contributed by atoms with Crippen molar-refractivity contribution >= 4 is 11.8 Å². The van der Waals surface area contributed by atoms with Crippen molar-refractivity contribution in [1.29, 1.82) is 0 Å². The number of benzene rings is 1. The van der Waals surface area contributed by atoms with Crippen molar-refractivity contribution in [3.05, 3.63) is 35.4 Å². The van der Waals surface area contributed by atoms with Gasteiger partial charge >= 0.3 is 0 Å². The van der Waals surface area contributed by atoms with E-state index in [9.17, 15) is 5.11 Å². The molecule has 0 aromatic heterocycles. The van der Waals surface area contributed by atoms with Crippen molar-refractivity contribution in [2.24, 2.45) is 5.92 Å². The third-order valence-corrected chi connectivity index (χ3v) is 4.26. The Morgan fingerprint density at radius 3 is 2.73 bits per heavy atom. The van der Waals surface area contributed by atoms with Gasteiger partial charge in [-0.2, -0.15) is 11.8 Å². The second-order valence-electron chi connectivity index (χ2n) is 4.38. The number of thioether (sulfide) groups is 1. The molecule has 0 aliphatic carbocycles. The molecule has 2 heteroatoms. The summed E-state index contributed by atoms with van der Waals surface area (Å²) in [5.74, 6) is 2.86. The Balaban J connectivity index is 1.92. The van der Waals surface area contributed by atoms with E-state index >= 15 is 0 Å². The Bertz CT molecular complexity index is 301. The van der Waals surface area contributed by atoms with Crippen molar-refractivity contribution in [3.63, 3.8) is 0 Å². The molecule has 82 valence electrons. The first-order valence-corrected chi connectivity index (χ1v) is 6.72. The minimum atomic E-state index is -0.150. The smallest absolute Gasteiger partial charge is 0.0616 e. The summed E-state index contributed by atoms with van der Waals surface area (Å²) in [6.07, 6.45) is 1.84. The van der Waals surface area contributed by atoms with Gasteiger partial charge < -0.3 is 5.11 Å². The zero-order valence-corrected chi connectivity index (χ0v) is 9.96. The summed E-state index contributed by atoms with van der Waals surface area (Å²) >= 11 is 1.96. The van der Waals surface area contributed by atoms with Crippen molar-refractivity contribution in [1.82, 2.24) is 0 Å². The van der Waals surface area contributed by atoms with E-state index in [1.54, 1.807) is 0 Å². The largest absolute Gasteiger partial charge is 0.392 e. The van der Waals surface area contributed by atoms with Gasteiger partial charge in [0.05, 0.1) is 6.10 Å². The number of hydrogen-bond donors (Lipinski definition) is 1. The standard InChI is InChI=1S/C13H18OS/c1-10-2-4-11(5-3-10)8-13(14)12-6-7-15-9-12/h2-5,12-14H,6-9H2,1H3. The number of aryl methyl sites for hydroxylation is 1. The highest BCUT2D eigenvalue weighted by Crippen LogP contribution is 2.27. The molecule has 0 spiro atoms. The first-order chi connectivity index (χ1) is 7.25. The van der Waals surface area contributed by atoms with Gasteiger partial charge in [0.15, 0.2) is 0 Å². The van der Waals surface area contributed by atoms with Crippen LogP contribution in [0.4, 0.5) is 0 Å². The van der Waals surface area contributed by atoms with Gasteiger partial charge in [-0.3, -0.25) is 0 Å². The van der Waals surface area contributed by atoms with Crippen LogP contribution in [0.2, 0.25) is 0 Å². The summed E-state index contributed by atoms with van der Waals surface area (Å²) in [7, 11) is 0. The fourth-order valence-electron chi connectivity index (χ4n) is 1.99. The van der Waals surface area contributed by atoms with E-state index in [0.29, 0.717) is 5.92 Å². The van der Waals surface area contributed by atoms with Gasteiger partial charge in [0.2, 0.25) is 0 Å². The van der Waals surface area contributed by atoms with E-state index in [1.165, 1.54) is 23.3 Å². The Hall–Kier alpha value is -0.470. The maximum absolute atomic E-state index is 10.1. The van der Waals surface area contributed by atoms with Crippen LogP contribution in [0.15, 0.2) is 24.3 Å². The molecular weight excluding hydrogens is 204 g/mol. The first kappa shape index (κ1) is 11.0. The second kappa shape index (κ2) is 5.04. The Kier molecular flexibility index (Phi) is 3.71. The number of hydrogen-bond acceptors (Lipinski definition) is 2. The molecule has 1 aromatic rings. The molecule has 1 aliphatic heterocycles. The van der Waals surface area contributed by atoms with Crippen LogP contribution >= 0.6 is 11.8 Å². The third kappa shape index (κ3) is 2.99. The molecule has 1 aromatic carbocycles. The van der Waals surface area contributed by atoms with E-state index < -0.39 is 0 Å². The van der Waals surface area contributed by atoms with Gasteiger partial charge in [0.25, 0.3) is 0 Å². The zero-order valence-electron chi connectivity index (χ0n) is 9.15. The average Bonchev–Trinajstić information content (AvgIpc) is 2.74. The van der Waals surface area contributed by atoms with Crippen molar-refractivity contribution < 1.29 is 5.11 Å². The predicted octanol–water partition coefficient (Wildman–Crippen LogP) is 2.65. The maximum Gasteiger partial charge on any atom is 0.0616 e. The summed E-state index contributed by atoms with van der Waals surface area (Å²) in [6, 6.07) is 8.48. The lowest BCUT2D eigenvalue weighted by Gasteiger charge is -2.16. The van der Waals surface area contributed by atoms with Crippen LogP contribution in [0.25, 0.3) is 0 Å². The van der Waals surface area contributed by atoms with Crippen LogP contribution in [0.5, 0.6) is 0 Å². The molecule has 2 atom stereocenters. The topological polar surface area (TPSA) is 20.2 Å². The van der Waals surface area contributed by atoms with Crippen molar-refractivity contribution in [2.75, 3.05) is 11.5 Å². The van der Waals surface area contributed by atoms with Gasteiger partial charge in [-0.25, -0.2) is 0 Å². The van der Waals surface area contributed by atoms with Gasteiger partial charge in [-0.15, -0.1) is 0 Å². The van der Waals surface area contributed by atoms with Crippen LogP contribution in [0.1, 0.15) is 17.5 Å². The van der Waals surface area contributed by atoms with Gasteiger partial charge in [0, 0.05) is 0 Å². The lowest BCUT2D eigenvalue weighted by atomic mass is 9.95. The zero-order chi connectivity index (χ0) is 10.7. The molecule has 2 unspecified atom stereocenters. The SMILES string of the molecule is Cc1ccc(CC(O)C2CCSC2)cc1. The van der Waals surface area contributed by atoms with E-state index in [2.05, 4.69) is 31.2 Å². The molecule has 1 heterocycles. The van der Waals surface area contributed by atoms with Crippen molar-refractivity contribution in [3.8, 4) is 0 Å². The monoisotopic (exact) mass is 222 g/mol. The third-order valence-electron chi connectivity index (χ3n) is 3.07. The molecule has 1 aliphatic rings. The minimum absolute atomic E-state index is 0.150. The van der Waals surface area contributed by atoms with Crippen LogP contribution in [0, 0.1) is 12.8 Å². The van der Waals surface area contributed by atoms with Crippen LogP contribution in [-0.2, 0) is 6.42 Å². The lowest BCUT2D eigenvalue weighted by molar-refractivity contribution is 0.120. The molecule has 0 radical (unpaired) electrons. The number of aliphatic hydroxyl groups excluding tert-OH is 1. The summed E-state index contributed by atoms with van der Waals surface area (Å²) in [5, 5.41) is 10.1. The summed E-state index contributed by atoms with van der Waals surface area (Å²) in [4.78, 5) is 0. The quantitative estimate of drug-likeness (QED) is 0.848. The molecule has 0 bridgehead atoms. The van der Waals surface area contributed by atoms with E-state index in [4.69, 9.17) is 0 Å². The molecule has 2 rings (SSSR count). The minimum Gasteiger partial charge on any atom is -0.392 e. The van der Waals surface area contributed by atoms with Crippen LogP contribution in [0.3, 0.4) is 0 Å². The van der Waals surface area contributed by atoms with Crippen molar-refractivity contribution in [2.45, 2.75) is 25.9 Å². The Labute approximate surface area is 95.9 Å². The lowest BCUT2D eigenvalue weighted by Crippen LogP contribution is -2.22. The van der Waals surface area contributed by atoms with Crippen LogP contribution in [-0.4, -0.2) is 22.7 Å². The summed E-state index contributed by atoms with van der Waals surface area (Å²) in [5.41, 5.74) is 2.54. The number of rotatable bonds is 3. The highest BCUT2D eigenvalue weighted by atomic mass is 32.2. The molecule has 0 saturated carbocycles. The summed E-state index contributed by atoms with van der Waals surface area (Å²) < 4.78 is 0. The Morgan fingerprint density at radius 2 is 2.13 bits per heavy atom. The summed E-state index contributed by atoms with van der Waals surface area (Å²) in [6.45, 7) is 2.09. The molecular formula is C13H18OS. The van der Waals surface area contributed by atoms with E-state index in [1.807, 2.05) is 11.8 Å². The molecule has 1 fully saturated rings. The van der Waals surface area contributed by atoms with Gasteiger partial charge in [-0.1, -0.05) is 29.8 Å². The first-order valence-electron chi connectivity index (χ1n) is 5.57. The van der Waals surface area contributed by atoms with E-state index in [0.717, 1.165) is 12.2 Å². The fourth-order valence-corrected chi connectivity index (χ4v) is 3.32. The van der Waals surface area contributed by atoms with Gasteiger partial charge in [0.1, 0.15) is 0 Å². The van der Waals surface area contributed by atoms with Gasteiger partial charge in [-0.05, 0) is 42.8 Å². The normalized spacial score (nSPS) is 22.9. The molecule has 0 amide bonds. The number of aliphatic hydroxyl groups is 1. The maximum atomic E-state index is 10.1. The molecule has 1 saturated heterocycles. The predicted molar refractivity (Wildman–Crippen MR) is 66.3 cm³/mol. The van der Waals surface area contributed by atoms with Crippen LogP contribution < -0.4 is 0 Å². The second-order valence-corrected chi connectivity index (χ2v) is 5.53. The highest BCUT2D eigenvalue weighted by Gasteiger charge is 2.23.